The van der Waals surface area contributed by atoms with Crippen molar-refractivity contribution in [3.63, 3.8) is 0 Å². The van der Waals surface area contributed by atoms with Gasteiger partial charge in [-0.2, -0.15) is 0 Å². The lowest BCUT2D eigenvalue weighted by Gasteiger charge is -2.15. The van der Waals surface area contributed by atoms with Crippen molar-refractivity contribution in [3.05, 3.63) is 23.3 Å². The molecule has 0 N–H and O–H groups in total. The molecule has 0 aromatic heterocycles. The molecule has 0 spiro atoms. The van der Waals surface area contributed by atoms with Crippen LogP contribution in [0.2, 0.25) is 0 Å². The molecule has 0 heterocycles. The maximum absolute atomic E-state index is 2.40. The van der Waals surface area contributed by atoms with E-state index in [0.29, 0.717) is 5.41 Å². The van der Waals surface area contributed by atoms with E-state index in [1.807, 2.05) is 0 Å². The van der Waals surface area contributed by atoms with Crippen LogP contribution in [-0.2, 0) is 0 Å². The Morgan fingerprint density at radius 1 is 1.00 bits per heavy atom. The van der Waals surface area contributed by atoms with Gasteiger partial charge in [-0.25, -0.2) is 0 Å². The van der Waals surface area contributed by atoms with Crippen LogP contribution in [-0.4, -0.2) is 0 Å². The molecule has 0 aliphatic heterocycles. The third kappa shape index (κ3) is 9.78. The van der Waals surface area contributed by atoms with Crippen LogP contribution in [0, 0.1) is 5.41 Å². The Morgan fingerprint density at radius 2 is 1.60 bits per heavy atom. The summed E-state index contributed by atoms with van der Waals surface area (Å²) in [6, 6.07) is 0. The van der Waals surface area contributed by atoms with Crippen LogP contribution in [0.1, 0.15) is 67.2 Å². The highest BCUT2D eigenvalue weighted by Gasteiger charge is 2.06. The van der Waals surface area contributed by atoms with Gasteiger partial charge >= 0.3 is 0 Å². The Kier molecular flexibility index (Phi) is 6.63. The van der Waals surface area contributed by atoms with Crippen LogP contribution in [0.15, 0.2) is 23.3 Å². The zero-order chi connectivity index (χ0) is 11.9. The van der Waals surface area contributed by atoms with E-state index in [1.165, 1.54) is 36.8 Å². The van der Waals surface area contributed by atoms with Gasteiger partial charge in [-0.05, 0) is 44.9 Å². The largest absolute Gasteiger partial charge is 0.0853 e. The topological polar surface area (TPSA) is 0 Å². The van der Waals surface area contributed by atoms with Crippen LogP contribution in [0.5, 0.6) is 0 Å². The molecule has 0 radical (unpaired) electrons. The van der Waals surface area contributed by atoms with Gasteiger partial charge in [-0.1, -0.05) is 51.0 Å². The van der Waals surface area contributed by atoms with Gasteiger partial charge in [0.1, 0.15) is 0 Å². The molecule has 0 atom stereocenters. The van der Waals surface area contributed by atoms with Crippen LogP contribution in [0.4, 0.5) is 0 Å². The molecule has 15 heavy (non-hydrogen) atoms. The summed E-state index contributed by atoms with van der Waals surface area (Å²) in [4.78, 5) is 0. The quantitative estimate of drug-likeness (QED) is 0.523. The SMILES string of the molecule is CCC(C)=CCCC(C)=CCC(C)(C)C. The minimum atomic E-state index is 0.427. The maximum atomic E-state index is 2.40. The Balaban J connectivity index is 3.89. The van der Waals surface area contributed by atoms with Crippen molar-refractivity contribution in [2.24, 2.45) is 5.41 Å². The molecule has 88 valence electrons. The van der Waals surface area contributed by atoms with Crippen LogP contribution < -0.4 is 0 Å². The molecule has 0 fully saturated rings. The second-order valence-electron chi connectivity index (χ2n) is 5.76. The average Bonchev–Trinajstić information content (AvgIpc) is 2.13. The van der Waals surface area contributed by atoms with Gasteiger partial charge in [0.15, 0.2) is 0 Å². The highest BCUT2D eigenvalue weighted by atomic mass is 14.1. The molecule has 0 unspecified atom stereocenters. The Labute approximate surface area is 96.5 Å². The first-order valence-electron chi connectivity index (χ1n) is 6.16. The number of allylic oxidation sites excluding steroid dienone is 4. The van der Waals surface area contributed by atoms with E-state index >= 15 is 0 Å². The normalized spacial score (nSPS) is 14.5. The summed E-state index contributed by atoms with van der Waals surface area (Å²) in [5.74, 6) is 0. The van der Waals surface area contributed by atoms with Gasteiger partial charge in [0, 0.05) is 0 Å². The number of rotatable bonds is 5. The first kappa shape index (κ1) is 14.5. The van der Waals surface area contributed by atoms with Gasteiger partial charge in [0.05, 0.1) is 0 Å². The minimum absolute atomic E-state index is 0.427. The van der Waals surface area contributed by atoms with Gasteiger partial charge in [0.2, 0.25) is 0 Å². The van der Waals surface area contributed by atoms with Crippen molar-refractivity contribution in [3.8, 4) is 0 Å². The van der Waals surface area contributed by atoms with E-state index < -0.39 is 0 Å². The molecule has 0 amide bonds. The predicted molar refractivity (Wildman–Crippen MR) is 71.1 cm³/mol. The van der Waals surface area contributed by atoms with Crippen LogP contribution in [0.25, 0.3) is 0 Å². The number of hydrogen-bond acceptors (Lipinski definition) is 0. The lowest BCUT2D eigenvalue weighted by atomic mass is 9.91. The Morgan fingerprint density at radius 3 is 2.07 bits per heavy atom. The molecular formula is C15H28. The molecule has 0 heteroatoms. The van der Waals surface area contributed by atoms with Crippen molar-refractivity contribution in [1.29, 1.82) is 0 Å². The van der Waals surface area contributed by atoms with Crippen molar-refractivity contribution in [2.45, 2.75) is 67.2 Å². The first-order chi connectivity index (χ1) is 6.85. The molecule has 0 aromatic rings. The van der Waals surface area contributed by atoms with Gasteiger partial charge < -0.3 is 0 Å². The molecule has 0 nitrogen and oxygen atoms in total. The lowest BCUT2D eigenvalue weighted by Crippen LogP contribution is -2.02. The summed E-state index contributed by atoms with van der Waals surface area (Å²) in [5, 5.41) is 0. The van der Waals surface area contributed by atoms with Crippen molar-refractivity contribution in [1.82, 2.24) is 0 Å². The highest BCUT2D eigenvalue weighted by Crippen LogP contribution is 2.21. The zero-order valence-electron chi connectivity index (χ0n) is 11.5. The molecule has 0 saturated carbocycles. The minimum Gasteiger partial charge on any atom is -0.0853 e. The Hall–Kier alpha value is -0.520. The summed E-state index contributed by atoms with van der Waals surface area (Å²) in [5.41, 5.74) is 3.47. The molecular weight excluding hydrogens is 180 g/mol. The summed E-state index contributed by atoms with van der Waals surface area (Å²) in [6.07, 6.45) is 9.56. The standard InChI is InChI=1S/C15H28/c1-7-13(2)9-8-10-14(3)11-12-15(4,5)6/h9,11H,7-8,10,12H2,1-6H3. The maximum Gasteiger partial charge on any atom is -0.0288 e. The van der Waals surface area contributed by atoms with E-state index in [-0.39, 0.29) is 0 Å². The summed E-state index contributed by atoms with van der Waals surface area (Å²) < 4.78 is 0. The van der Waals surface area contributed by atoms with E-state index in [1.54, 1.807) is 0 Å². The summed E-state index contributed by atoms with van der Waals surface area (Å²) in [6.45, 7) is 13.6. The van der Waals surface area contributed by atoms with Gasteiger partial charge in [0.25, 0.3) is 0 Å². The fourth-order valence-corrected chi connectivity index (χ4v) is 1.27. The summed E-state index contributed by atoms with van der Waals surface area (Å²) >= 11 is 0. The molecule has 0 rings (SSSR count). The molecule has 0 saturated heterocycles. The van der Waals surface area contributed by atoms with Crippen LogP contribution in [0.3, 0.4) is 0 Å². The van der Waals surface area contributed by atoms with Crippen molar-refractivity contribution < 1.29 is 0 Å². The van der Waals surface area contributed by atoms with E-state index in [0.717, 1.165) is 0 Å². The van der Waals surface area contributed by atoms with E-state index in [2.05, 4.69) is 53.7 Å². The third-order valence-corrected chi connectivity index (χ3v) is 2.65. The third-order valence-electron chi connectivity index (χ3n) is 2.65. The smallest absolute Gasteiger partial charge is 0.0288 e. The predicted octanol–water partition coefficient (Wildman–Crippen LogP) is 5.51. The first-order valence-corrected chi connectivity index (χ1v) is 6.16. The summed E-state index contributed by atoms with van der Waals surface area (Å²) in [7, 11) is 0. The lowest BCUT2D eigenvalue weighted by molar-refractivity contribution is 0.419. The molecule has 0 aromatic carbocycles. The average molecular weight is 208 g/mol. The zero-order valence-corrected chi connectivity index (χ0v) is 11.5. The Bertz CT molecular complexity index is 223. The fraction of sp³-hybridized carbons (Fsp3) is 0.733. The monoisotopic (exact) mass is 208 g/mol. The fourth-order valence-electron chi connectivity index (χ4n) is 1.27. The van der Waals surface area contributed by atoms with E-state index in [4.69, 9.17) is 0 Å². The molecule has 0 aliphatic carbocycles. The van der Waals surface area contributed by atoms with Gasteiger partial charge in [-0.3, -0.25) is 0 Å². The van der Waals surface area contributed by atoms with E-state index in [9.17, 15) is 0 Å². The highest BCUT2D eigenvalue weighted by molar-refractivity contribution is 5.03. The second kappa shape index (κ2) is 6.87. The number of hydrogen-bond donors (Lipinski definition) is 0. The van der Waals surface area contributed by atoms with Crippen molar-refractivity contribution >= 4 is 0 Å². The van der Waals surface area contributed by atoms with Gasteiger partial charge in [-0.15, -0.1) is 0 Å². The second-order valence-corrected chi connectivity index (χ2v) is 5.76. The van der Waals surface area contributed by atoms with Crippen LogP contribution >= 0.6 is 0 Å². The molecule has 0 aliphatic rings. The van der Waals surface area contributed by atoms with Crippen molar-refractivity contribution in [2.75, 3.05) is 0 Å². The molecule has 0 bridgehead atoms.